The number of phenols is 2. The lowest BCUT2D eigenvalue weighted by atomic mass is 10.0. The van der Waals surface area contributed by atoms with E-state index in [1.165, 1.54) is 109 Å². The SMILES string of the molecule is CCCCCCCCOC(CCCCCCCCCc1cccc(O)c1O)OCCCCCCCC. The van der Waals surface area contributed by atoms with Gasteiger partial charge in [0.05, 0.1) is 0 Å². The summed E-state index contributed by atoms with van der Waals surface area (Å²) in [4.78, 5) is 0. The Morgan fingerprint density at radius 1 is 0.583 bits per heavy atom. The summed E-state index contributed by atoms with van der Waals surface area (Å²) < 4.78 is 12.3. The summed E-state index contributed by atoms with van der Waals surface area (Å²) in [5.41, 5.74) is 0.850. The van der Waals surface area contributed by atoms with E-state index in [1.54, 1.807) is 6.07 Å². The van der Waals surface area contributed by atoms with Crippen LogP contribution in [-0.2, 0) is 15.9 Å². The van der Waals surface area contributed by atoms with Gasteiger partial charge in [-0.15, -0.1) is 0 Å². The maximum Gasteiger partial charge on any atom is 0.160 e. The number of hydrogen-bond donors (Lipinski definition) is 2. The molecular weight excluding hydrogens is 448 g/mol. The van der Waals surface area contributed by atoms with Crippen LogP contribution < -0.4 is 0 Å². The van der Waals surface area contributed by atoms with Gasteiger partial charge < -0.3 is 19.7 Å². The highest BCUT2D eigenvalue weighted by Crippen LogP contribution is 2.29. The quantitative estimate of drug-likeness (QED) is 0.0745. The van der Waals surface area contributed by atoms with Gasteiger partial charge in [0.25, 0.3) is 0 Å². The van der Waals surface area contributed by atoms with Crippen LogP contribution in [0.4, 0.5) is 0 Å². The predicted octanol–water partition coefficient (Wildman–Crippen LogP) is 9.84. The lowest BCUT2D eigenvalue weighted by Crippen LogP contribution is -2.19. The average molecular weight is 507 g/mol. The van der Waals surface area contributed by atoms with Crippen LogP contribution >= 0.6 is 0 Å². The monoisotopic (exact) mass is 506 g/mol. The van der Waals surface area contributed by atoms with Crippen LogP contribution in [-0.4, -0.2) is 29.7 Å². The first-order valence-corrected chi connectivity index (χ1v) is 15.4. The molecule has 36 heavy (non-hydrogen) atoms. The van der Waals surface area contributed by atoms with E-state index < -0.39 is 0 Å². The maximum absolute atomic E-state index is 9.90. The Morgan fingerprint density at radius 3 is 1.61 bits per heavy atom. The van der Waals surface area contributed by atoms with Gasteiger partial charge in [-0.2, -0.15) is 0 Å². The number of benzene rings is 1. The van der Waals surface area contributed by atoms with Crippen molar-refractivity contribution in [2.24, 2.45) is 0 Å². The summed E-state index contributed by atoms with van der Waals surface area (Å²) in [6.45, 7) is 6.20. The van der Waals surface area contributed by atoms with Crippen LogP contribution in [0.3, 0.4) is 0 Å². The van der Waals surface area contributed by atoms with Crippen LogP contribution in [0.25, 0.3) is 0 Å². The van der Waals surface area contributed by atoms with Crippen molar-refractivity contribution < 1.29 is 19.7 Å². The second kappa shape index (κ2) is 24.1. The third-order valence-corrected chi connectivity index (χ3v) is 7.09. The molecule has 4 heteroatoms. The van der Waals surface area contributed by atoms with Gasteiger partial charge in [0.1, 0.15) is 0 Å². The van der Waals surface area contributed by atoms with Crippen molar-refractivity contribution in [3.8, 4) is 11.5 Å². The molecule has 0 unspecified atom stereocenters. The summed E-state index contributed by atoms with van der Waals surface area (Å²) in [7, 11) is 0. The van der Waals surface area contributed by atoms with E-state index in [2.05, 4.69) is 13.8 Å². The molecule has 0 atom stereocenters. The Bertz CT molecular complexity index is 586. The number of phenolic OH excluding ortho intramolecular Hbond substituents is 2. The van der Waals surface area contributed by atoms with E-state index in [0.29, 0.717) is 0 Å². The third-order valence-electron chi connectivity index (χ3n) is 7.09. The zero-order valence-corrected chi connectivity index (χ0v) is 23.8. The first kappa shape index (κ1) is 32.8. The molecule has 0 radical (unpaired) electrons. The van der Waals surface area contributed by atoms with Gasteiger partial charge in [0, 0.05) is 13.2 Å². The molecule has 0 aromatic heterocycles. The molecule has 4 nitrogen and oxygen atoms in total. The Morgan fingerprint density at radius 2 is 1.06 bits per heavy atom. The number of aromatic hydroxyl groups is 2. The predicted molar refractivity (Wildman–Crippen MR) is 153 cm³/mol. The molecule has 0 aliphatic carbocycles. The lowest BCUT2D eigenvalue weighted by Gasteiger charge is -2.19. The van der Waals surface area contributed by atoms with Crippen LogP contribution in [0.2, 0.25) is 0 Å². The summed E-state index contributed by atoms with van der Waals surface area (Å²) in [6.07, 6.45) is 25.7. The fraction of sp³-hybridized carbons (Fsp3) is 0.812. The highest BCUT2D eigenvalue weighted by atomic mass is 16.7. The zero-order valence-electron chi connectivity index (χ0n) is 23.8. The van der Waals surface area contributed by atoms with Gasteiger partial charge in [0.15, 0.2) is 17.8 Å². The molecular formula is C32H58O4. The fourth-order valence-electron chi connectivity index (χ4n) is 4.70. The number of ether oxygens (including phenoxy) is 2. The summed E-state index contributed by atoms with van der Waals surface area (Å²) in [5, 5.41) is 19.5. The van der Waals surface area contributed by atoms with E-state index in [0.717, 1.165) is 50.9 Å². The van der Waals surface area contributed by atoms with Crippen molar-refractivity contribution in [1.82, 2.24) is 0 Å². The van der Waals surface area contributed by atoms with Crippen molar-refractivity contribution in [3.63, 3.8) is 0 Å². The molecule has 0 bridgehead atoms. The summed E-state index contributed by atoms with van der Waals surface area (Å²) in [5.74, 6) is 0.0298. The summed E-state index contributed by atoms with van der Waals surface area (Å²) >= 11 is 0. The molecule has 0 heterocycles. The first-order valence-electron chi connectivity index (χ1n) is 15.4. The summed E-state index contributed by atoms with van der Waals surface area (Å²) in [6, 6.07) is 5.23. The van der Waals surface area contributed by atoms with E-state index in [9.17, 15) is 10.2 Å². The second-order valence-electron chi connectivity index (χ2n) is 10.5. The number of para-hydroxylation sites is 1. The highest BCUT2D eigenvalue weighted by molar-refractivity contribution is 5.44. The topological polar surface area (TPSA) is 58.9 Å². The van der Waals surface area contributed by atoms with Gasteiger partial charge in [-0.25, -0.2) is 0 Å². The molecule has 1 rings (SSSR count). The molecule has 0 saturated heterocycles. The van der Waals surface area contributed by atoms with Crippen molar-refractivity contribution in [1.29, 1.82) is 0 Å². The number of unbranched alkanes of at least 4 members (excludes halogenated alkanes) is 16. The molecule has 1 aromatic rings. The van der Waals surface area contributed by atoms with Gasteiger partial charge in [-0.1, -0.05) is 122 Å². The number of hydrogen-bond acceptors (Lipinski definition) is 4. The third kappa shape index (κ3) is 18.1. The molecule has 2 N–H and O–H groups in total. The standard InChI is InChI=1S/C32H58O4/c1-3-5-7-9-16-20-27-35-31(36-28-21-17-10-8-6-4-2)26-19-15-13-11-12-14-18-23-29-24-22-25-30(33)32(29)34/h22,24-25,31,33-34H,3-21,23,26-28H2,1-2H3. The van der Waals surface area contributed by atoms with Crippen LogP contribution in [0.15, 0.2) is 18.2 Å². The fourth-order valence-corrected chi connectivity index (χ4v) is 4.70. The average Bonchev–Trinajstić information content (AvgIpc) is 2.88. The zero-order chi connectivity index (χ0) is 26.1. The minimum absolute atomic E-state index is 0.0160. The molecule has 1 aromatic carbocycles. The normalized spacial score (nSPS) is 11.5. The molecule has 0 aliphatic heterocycles. The molecule has 0 aliphatic rings. The van der Waals surface area contributed by atoms with Crippen LogP contribution in [0, 0.1) is 0 Å². The number of rotatable bonds is 26. The van der Waals surface area contributed by atoms with Crippen molar-refractivity contribution in [3.05, 3.63) is 23.8 Å². The molecule has 0 fully saturated rings. The Labute approximate surface area is 223 Å². The molecule has 0 saturated carbocycles. The smallest absolute Gasteiger partial charge is 0.160 e. The van der Waals surface area contributed by atoms with Crippen molar-refractivity contribution >= 4 is 0 Å². The van der Waals surface area contributed by atoms with Gasteiger partial charge in [0.2, 0.25) is 0 Å². The minimum atomic E-state index is -0.0220. The Hall–Kier alpha value is -1.26. The van der Waals surface area contributed by atoms with Crippen molar-refractivity contribution in [2.45, 2.75) is 155 Å². The highest BCUT2D eigenvalue weighted by Gasteiger charge is 2.10. The molecule has 210 valence electrons. The lowest BCUT2D eigenvalue weighted by molar-refractivity contribution is -0.148. The van der Waals surface area contributed by atoms with Crippen LogP contribution in [0.5, 0.6) is 11.5 Å². The Kier molecular flexibility index (Phi) is 21.9. The van der Waals surface area contributed by atoms with E-state index >= 15 is 0 Å². The second-order valence-corrected chi connectivity index (χ2v) is 10.5. The largest absolute Gasteiger partial charge is 0.504 e. The Balaban J connectivity index is 2.12. The van der Waals surface area contributed by atoms with Gasteiger partial charge in [-0.05, 0) is 50.2 Å². The molecule has 0 amide bonds. The first-order chi connectivity index (χ1) is 17.7. The van der Waals surface area contributed by atoms with Crippen LogP contribution in [0.1, 0.15) is 148 Å². The van der Waals surface area contributed by atoms with E-state index in [1.807, 2.05) is 6.07 Å². The molecule has 0 spiro atoms. The van der Waals surface area contributed by atoms with Gasteiger partial charge >= 0.3 is 0 Å². The van der Waals surface area contributed by atoms with E-state index in [-0.39, 0.29) is 17.8 Å². The van der Waals surface area contributed by atoms with Crippen molar-refractivity contribution in [2.75, 3.05) is 13.2 Å². The van der Waals surface area contributed by atoms with E-state index in [4.69, 9.17) is 9.47 Å². The maximum atomic E-state index is 9.90. The number of aryl methyl sites for hydroxylation is 1. The minimum Gasteiger partial charge on any atom is -0.504 e. The van der Waals surface area contributed by atoms with Gasteiger partial charge in [-0.3, -0.25) is 0 Å².